The highest BCUT2D eigenvalue weighted by molar-refractivity contribution is 5.82. The van der Waals surface area contributed by atoms with Crippen molar-refractivity contribution < 1.29 is 9.32 Å². The predicted octanol–water partition coefficient (Wildman–Crippen LogP) is 2.43. The molecule has 6 heteroatoms. The van der Waals surface area contributed by atoms with E-state index in [0.717, 1.165) is 25.9 Å². The van der Waals surface area contributed by atoms with Crippen molar-refractivity contribution >= 4 is 5.91 Å². The van der Waals surface area contributed by atoms with Crippen LogP contribution in [0, 0.1) is 0 Å². The van der Waals surface area contributed by atoms with Gasteiger partial charge in [-0.3, -0.25) is 9.69 Å². The van der Waals surface area contributed by atoms with Gasteiger partial charge >= 0.3 is 0 Å². The third kappa shape index (κ3) is 3.74. The molecule has 0 fully saturated rings. The fraction of sp³-hybridized carbons (Fsp3) is 0.526. The number of hydrogen-bond acceptors (Lipinski definition) is 5. The number of carbonyl (C=O) groups excluding carboxylic acids is 1. The summed E-state index contributed by atoms with van der Waals surface area (Å²) < 4.78 is 5.27. The van der Waals surface area contributed by atoms with Gasteiger partial charge in [0.25, 0.3) is 0 Å². The molecule has 0 bridgehead atoms. The third-order valence-corrected chi connectivity index (χ3v) is 4.88. The van der Waals surface area contributed by atoms with Crippen LogP contribution in [0.5, 0.6) is 0 Å². The Kier molecular flexibility index (Phi) is 5.48. The summed E-state index contributed by atoms with van der Waals surface area (Å²) in [7, 11) is 0. The fourth-order valence-corrected chi connectivity index (χ4v) is 3.37. The van der Waals surface area contributed by atoms with Crippen molar-refractivity contribution in [3.63, 3.8) is 0 Å². The molecule has 1 amide bonds. The predicted molar refractivity (Wildman–Crippen MR) is 94.8 cm³/mol. The molecule has 0 aliphatic carbocycles. The Hall–Kier alpha value is -2.21. The average molecular weight is 342 g/mol. The van der Waals surface area contributed by atoms with E-state index in [0.29, 0.717) is 24.8 Å². The highest BCUT2D eigenvalue weighted by atomic mass is 16.5. The van der Waals surface area contributed by atoms with Gasteiger partial charge in [0.1, 0.15) is 6.54 Å². The van der Waals surface area contributed by atoms with Crippen LogP contribution in [0.4, 0.5) is 0 Å². The zero-order valence-electron chi connectivity index (χ0n) is 15.2. The number of likely N-dealkylation sites (N-methyl/N-ethyl adjacent to an activating group) is 2. The third-order valence-electron chi connectivity index (χ3n) is 4.88. The number of rotatable bonds is 6. The Balaban J connectivity index is 1.77. The molecule has 0 N–H and O–H groups in total. The summed E-state index contributed by atoms with van der Waals surface area (Å²) in [6.45, 7) is 8.74. The SMILES string of the molecule is CCc1noc(CN(CC)C(=O)[C@H]2Cc3ccccc3CN2CC)n1. The van der Waals surface area contributed by atoms with Gasteiger partial charge in [-0.25, -0.2) is 0 Å². The number of hydrogen-bond donors (Lipinski definition) is 0. The summed E-state index contributed by atoms with van der Waals surface area (Å²) in [6, 6.07) is 8.26. The number of aromatic nitrogens is 2. The van der Waals surface area contributed by atoms with E-state index in [4.69, 9.17) is 4.52 Å². The van der Waals surface area contributed by atoms with E-state index in [-0.39, 0.29) is 11.9 Å². The Morgan fingerprint density at radius 3 is 2.68 bits per heavy atom. The number of carbonyl (C=O) groups is 1. The summed E-state index contributed by atoms with van der Waals surface area (Å²) in [6.07, 6.45) is 1.48. The molecular formula is C19H26N4O2. The van der Waals surface area contributed by atoms with Gasteiger partial charge in [0.2, 0.25) is 11.8 Å². The van der Waals surface area contributed by atoms with Crippen LogP contribution in [0.15, 0.2) is 28.8 Å². The van der Waals surface area contributed by atoms with Crippen molar-refractivity contribution in [3.05, 3.63) is 47.1 Å². The van der Waals surface area contributed by atoms with Crippen molar-refractivity contribution in [1.29, 1.82) is 0 Å². The molecule has 1 aromatic heterocycles. The van der Waals surface area contributed by atoms with E-state index in [1.165, 1.54) is 11.1 Å². The van der Waals surface area contributed by atoms with E-state index in [1.54, 1.807) is 0 Å². The first-order valence-corrected chi connectivity index (χ1v) is 9.07. The van der Waals surface area contributed by atoms with Crippen LogP contribution in [-0.4, -0.2) is 45.0 Å². The van der Waals surface area contributed by atoms with Crippen LogP contribution in [-0.2, 0) is 30.7 Å². The molecule has 0 radical (unpaired) electrons. The molecule has 1 atom stereocenters. The zero-order chi connectivity index (χ0) is 17.8. The monoisotopic (exact) mass is 342 g/mol. The van der Waals surface area contributed by atoms with Crippen LogP contribution < -0.4 is 0 Å². The molecular weight excluding hydrogens is 316 g/mol. The highest BCUT2D eigenvalue weighted by Gasteiger charge is 2.33. The first-order chi connectivity index (χ1) is 12.2. The molecule has 25 heavy (non-hydrogen) atoms. The van der Waals surface area contributed by atoms with E-state index in [2.05, 4.69) is 40.2 Å². The molecule has 0 spiro atoms. The number of aryl methyl sites for hydroxylation is 1. The minimum absolute atomic E-state index is 0.131. The molecule has 1 aromatic carbocycles. The van der Waals surface area contributed by atoms with E-state index >= 15 is 0 Å². The van der Waals surface area contributed by atoms with Gasteiger partial charge in [-0.05, 0) is 31.0 Å². The lowest BCUT2D eigenvalue weighted by Crippen LogP contribution is -2.51. The van der Waals surface area contributed by atoms with Crippen molar-refractivity contribution in [2.75, 3.05) is 13.1 Å². The van der Waals surface area contributed by atoms with Crippen molar-refractivity contribution in [2.45, 2.75) is 52.7 Å². The Labute approximate surface area is 148 Å². The Morgan fingerprint density at radius 1 is 1.28 bits per heavy atom. The van der Waals surface area contributed by atoms with Gasteiger partial charge in [-0.1, -0.05) is 43.3 Å². The van der Waals surface area contributed by atoms with Gasteiger partial charge < -0.3 is 9.42 Å². The zero-order valence-corrected chi connectivity index (χ0v) is 15.2. The molecule has 6 nitrogen and oxygen atoms in total. The second-order valence-electron chi connectivity index (χ2n) is 6.36. The van der Waals surface area contributed by atoms with Gasteiger partial charge in [0.15, 0.2) is 5.82 Å². The fourth-order valence-electron chi connectivity index (χ4n) is 3.37. The van der Waals surface area contributed by atoms with Gasteiger partial charge in [0, 0.05) is 19.5 Å². The van der Waals surface area contributed by atoms with Crippen LogP contribution >= 0.6 is 0 Å². The Bertz CT molecular complexity index is 728. The minimum Gasteiger partial charge on any atom is -0.337 e. The van der Waals surface area contributed by atoms with Crippen LogP contribution in [0.2, 0.25) is 0 Å². The van der Waals surface area contributed by atoms with Gasteiger partial charge in [-0.15, -0.1) is 0 Å². The first-order valence-electron chi connectivity index (χ1n) is 9.07. The van der Waals surface area contributed by atoms with Crippen molar-refractivity contribution in [2.24, 2.45) is 0 Å². The largest absolute Gasteiger partial charge is 0.337 e. The number of nitrogens with zero attached hydrogens (tertiary/aromatic N) is 4. The summed E-state index contributed by atoms with van der Waals surface area (Å²) in [5.74, 6) is 1.32. The molecule has 2 aromatic rings. The van der Waals surface area contributed by atoms with Crippen molar-refractivity contribution in [1.82, 2.24) is 19.9 Å². The molecule has 3 rings (SSSR count). The van der Waals surface area contributed by atoms with Crippen LogP contribution in [0.3, 0.4) is 0 Å². The minimum atomic E-state index is -0.131. The molecule has 1 aliphatic heterocycles. The second kappa shape index (κ2) is 7.78. The smallest absolute Gasteiger partial charge is 0.246 e. The topological polar surface area (TPSA) is 62.5 Å². The molecule has 0 saturated carbocycles. The Morgan fingerprint density at radius 2 is 2.04 bits per heavy atom. The lowest BCUT2D eigenvalue weighted by molar-refractivity contribution is -0.138. The lowest BCUT2D eigenvalue weighted by atomic mass is 9.93. The van der Waals surface area contributed by atoms with Crippen LogP contribution in [0.25, 0.3) is 0 Å². The molecule has 0 saturated heterocycles. The first kappa shape index (κ1) is 17.6. The second-order valence-corrected chi connectivity index (χ2v) is 6.36. The average Bonchev–Trinajstić information content (AvgIpc) is 3.12. The maximum atomic E-state index is 13.2. The standard InChI is InChI=1S/C19H26N4O2/c1-4-17-20-18(25-21-17)13-23(6-3)19(24)16-11-14-9-7-8-10-15(14)12-22(16)5-2/h7-10,16H,4-6,11-13H2,1-3H3/t16-/m1/s1. The van der Waals surface area contributed by atoms with Crippen LogP contribution in [0.1, 0.15) is 43.6 Å². The van der Waals surface area contributed by atoms with Crippen molar-refractivity contribution in [3.8, 4) is 0 Å². The summed E-state index contributed by atoms with van der Waals surface area (Å²) >= 11 is 0. The summed E-state index contributed by atoms with van der Waals surface area (Å²) in [5.41, 5.74) is 2.59. The van der Waals surface area contributed by atoms with E-state index < -0.39 is 0 Å². The van der Waals surface area contributed by atoms with Gasteiger partial charge in [-0.2, -0.15) is 4.98 Å². The maximum Gasteiger partial charge on any atom is 0.246 e. The number of fused-ring (bicyclic) bond motifs is 1. The molecule has 0 unspecified atom stereocenters. The quantitative estimate of drug-likeness (QED) is 0.807. The van der Waals surface area contributed by atoms with E-state index in [1.807, 2.05) is 24.8 Å². The highest BCUT2D eigenvalue weighted by Crippen LogP contribution is 2.24. The maximum absolute atomic E-state index is 13.2. The van der Waals surface area contributed by atoms with E-state index in [9.17, 15) is 4.79 Å². The number of benzene rings is 1. The summed E-state index contributed by atoms with van der Waals surface area (Å²) in [5, 5.41) is 3.92. The lowest BCUT2D eigenvalue weighted by Gasteiger charge is -2.37. The van der Waals surface area contributed by atoms with Gasteiger partial charge in [0.05, 0.1) is 6.04 Å². The molecule has 134 valence electrons. The molecule has 1 aliphatic rings. The molecule has 2 heterocycles. The number of amides is 1. The normalized spacial score (nSPS) is 17.3. The summed E-state index contributed by atoms with van der Waals surface area (Å²) in [4.78, 5) is 21.6.